The molecule has 1 aliphatic rings. The van der Waals surface area contributed by atoms with Crippen molar-refractivity contribution in [3.63, 3.8) is 0 Å². The van der Waals surface area contributed by atoms with Gasteiger partial charge >= 0.3 is 5.97 Å². The molecule has 3 nitrogen and oxygen atoms in total. The minimum absolute atomic E-state index is 0.0455. The van der Waals surface area contributed by atoms with Crippen molar-refractivity contribution in [1.82, 2.24) is 5.32 Å². The van der Waals surface area contributed by atoms with Crippen LogP contribution in [0.3, 0.4) is 0 Å². The van der Waals surface area contributed by atoms with E-state index in [0.29, 0.717) is 12.1 Å². The van der Waals surface area contributed by atoms with Gasteiger partial charge in [0.05, 0.1) is 5.92 Å². The summed E-state index contributed by atoms with van der Waals surface area (Å²) in [4.78, 5) is 12.3. The largest absolute Gasteiger partial charge is 0.460 e. The Balaban J connectivity index is 2.18. The first-order valence-electron chi connectivity index (χ1n) is 6.97. The Morgan fingerprint density at radius 1 is 1.35 bits per heavy atom. The number of aryl methyl sites for hydroxylation is 1. The highest BCUT2D eigenvalue weighted by Gasteiger charge is 2.36. The molecule has 1 heterocycles. The molecular formula is C16H22FNO2. The third-order valence-electron chi connectivity index (χ3n) is 3.53. The van der Waals surface area contributed by atoms with E-state index < -0.39 is 5.60 Å². The van der Waals surface area contributed by atoms with Gasteiger partial charge in [-0.15, -0.1) is 0 Å². The number of nitrogens with one attached hydrogen (secondary N) is 1. The summed E-state index contributed by atoms with van der Waals surface area (Å²) < 4.78 is 18.8. The number of rotatable bonds is 2. The molecule has 2 atom stereocenters. The average Bonchev–Trinajstić information content (AvgIpc) is 2.79. The van der Waals surface area contributed by atoms with E-state index in [1.165, 1.54) is 6.07 Å². The van der Waals surface area contributed by atoms with E-state index in [4.69, 9.17) is 4.74 Å². The number of benzene rings is 1. The minimum atomic E-state index is -0.483. The van der Waals surface area contributed by atoms with Gasteiger partial charge in [-0.25, -0.2) is 4.39 Å². The number of halogens is 1. The lowest BCUT2D eigenvalue weighted by atomic mass is 9.88. The molecule has 0 spiro atoms. The molecule has 4 heteroatoms. The molecule has 1 fully saturated rings. The Hall–Kier alpha value is -1.42. The first kappa shape index (κ1) is 15.0. The molecule has 1 aromatic carbocycles. The van der Waals surface area contributed by atoms with E-state index in [1.807, 2.05) is 26.8 Å². The van der Waals surface area contributed by atoms with Crippen LogP contribution in [-0.4, -0.2) is 24.7 Å². The summed E-state index contributed by atoms with van der Waals surface area (Å²) in [5, 5.41) is 3.23. The van der Waals surface area contributed by atoms with Crippen LogP contribution in [0.5, 0.6) is 0 Å². The average molecular weight is 279 g/mol. The second-order valence-electron chi connectivity index (χ2n) is 6.41. The fourth-order valence-electron chi connectivity index (χ4n) is 2.55. The molecule has 0 aromatic heterocycles. The summed E-state index contributed by atoms with van der Waals surface area (Å²) in [6.07, 6.45) is 0. The number of esters is 1. The zero-order valence-corrected chi connectivity index (χ0v) is 12.5. The van der Waals surface area contributed by atoms with Crippen molar-refractivity contribution in [2.45, 2.75) is 39.2 Å². The molecule has 110 valence electrons. The van der Waals surface area contributed by atoms with E-state index in [-0.39, 0.29) is 23.6 Å². The summed E-state index contributed by atoms with van der Waals surface area (Å²) in [5.74, 6) is -0.564. The highest BCUT2D eigenvalue weighted by molar-refractivity contribution is 5.75. The van der Waals surface area contributed by atoms with E-state index >= 15 is 0 Å². The lowest BCUT2D eigenvalue weighted by molar-refractivity contribution is -0.159. The Labute approximate surface area is 119 Å². The van der Waals surface area contributed by atoms with Crippen LogP contribution in [0.4, 0.5) is 4.39 Å². The van der Waals surface area contributed by atoms with Gasteiger partial charge in [0.2, 0.25) is 0 Å². The van der Waals surface area contributed by atoms with Crippen LogP contribution in [-0.2, 0) is 9.53 Å². The first-order valence-corrected chi connectivity index (χ1v) is 6.97. The quantitative estimate of drug-likeness (QED) is 0.846. The second-order valence-corrected chi connectivity index (χ2v) is 6.41. The van der Waals surface area contributed by atoms with Gasteiger partial charge in [0.25, 0.3) is 0 Å². The van der Waals surface area contributed by atoms with Gasteiger partial charge in [-0.1, -0.05) is 12.1 Å². The lowest BCUT2D eigenvalue weighted by Crippen LogP contribution is -2.31. The molecule has 1 N–H and O–H groups in total. The molecule has 0 unspecified atom stereocenters. The van der Waals surface area contributed by atoms with Crippen molar-refractivity contribution in [1.29, 1.82) is 0 Å². The van der Waals surface area contributed by atoms with Crippen LogP contribution in [0, 0.1) is 18.7 Å². The van der Waals surface area contributed by atoms with Gasteiger partial charge in [0.1, 0.15) is 11.4 Å². The normalized spacial score (nSPS) is 22.9. The van der Waals surface area contributed by atoms with Crippen LogP contribution in [0.2, 0.25) is 0 Å². The number of hydrogen-bond donors (Lipinski definition) is 1. The van der Waals surface area contributed by atoms with Crippen molar-refractivity contribution in [3.8, 4) is 0 Å². The predicted molar refractivity (Wildman–Crippen MR) is 76.1 cm³/mol. The van der Waals surface area contributed by atoms with Crippen molar-refractivity contribution in [3.05, 3.63) is 35.1 Å². The van der Waals surface area contributed by atoms with Crippen LogP contribution in [0.1, 0.15) is 37.8 Å². The molecule has 0 saturated carbocycles. The van der Waals surface area contributed by atoms with Crippen LogP contribution < -0.4 is 5.32 Å². The first-order chi connectivity index (χ1) is 9.28. The molecule has 20 heavy (non-hydrogen) atoms. The molecule has 0 aliphatic carbocycles. The second kappa shape index (κ2) is 5.52. The van der Waals surface area contributed by atoms with E-state index in [2.05, 4.69) is 5.32 Å². The van der Waals surface area contributed by atoms with Gasteiger partial charge in [-0.2, -0.15) is 0 Å². The molecule has 1 aliphatic heterocycles. The Morgan fingerprint density at radius 2 is 2.05 bits per heavy atom. The fraction of sp³-hybridized carbons (Fsp3) is 0.562. The molecule has 1 saturated heterocycles. The Morgan fingerprint density at radius 3 is 2.65 bits per heavy atom. The smallest absolute Gasteiger partial charge is 0.311 e. The zero-order chi connectivity index (χ0) is 14.9. The molecule has 0 bridgehead atoms. The maximum absolute atomic E-state index is 13.4. The minimum Gasteiger partial charge on any atom is -0.460 e. The Bertz CT molecular complexity index is 508. The van der Waals surface area contributed by atoms with E-state index in [9.17, 15) is 9.18 Å². The van der Waals surface area contributed by atoms with Crippen molar-refractivity contribution < 1.29 is 13.9 Å². The Kier molecular flexibility index (Phi) is 4.14. The van der Waals surface area contributed by atoms with E-state index in [0.717, 1.165) is 12.1 Å². The summed E-state index contributed by atoms with van der Waals surface area (Å²) in [6, 6.07) is 5.05. The number of ether oxygens (including phenoxy) is 1. The van der Waals surface area contributed by atoms with Gasteiger partial charge < -0.3 is 10.1 Å². The summed E-state index contributed by atoms with van der Waals surface area (Å²) >= 11 is 0. The predicted octanol–water partition coefficient (Wildman–Crippen LogP) is 2.78. The SMILES string of the molecule is Cc1cc([C@@H]2CNC[C@H]2C(=O)OC(C)(C)C)ccc1F. The topological polar surface area (TPSA) is 38.3 Å². The fourth-order valence-corrected chi connectivity index (χ4v) is 2.55. The standard InChI is InChI=1S/C16H22FNO2/c1-10-7-11(5-6-14(10)17)12-8-18-9-13(12)15(19)20-16(2,3)4/h5-7,12-13,18H,8-9H2,1-4H3/t12-,13+/m0/s1. The summed E-state index contributed by atoms with van der Waals surface area (Å²) in [6.45, 7) is 8.66. The number of hydrogen-bond acceptors (Lipinski definition) is 3. The monoisotopic (exact) mass is 279 g/mol. The maximum atomic E-state index is 13.4. The van der Waals surface area contributed by atoms with Crippen LogP contribution in [0.15, 0.2) is 18.2 Å². The van der Waals surface area contributed by atoms with Gasteiger partial charge in [0.15, 0.2) is 0 Å². The van der Waals surface area contributed by atoms with Crippen molar-refractivity contribution in [2.24, 2.45) is 5.92 Å². The molecular weight excluding hydrogens is 257 g/mol. The molecule has 0 amide bonds. The number of carbonyl (C=O) groups excluding carboxylic acids is 1. The maximum Gasteiger partial charge on any atom is 0.311 e. The highest BCUT2D eigenvalue weighted by Crippen LogP contribution is 2.31. The molecule has 1 aromatic rings. The van der Waals surface area contributed by atoms with Crippen molar-refractivity contribution >= 4 is 5.97 Å². The third kappa shape index (κ3) is 3.37. The van der Waals surface area contributed by atoms with Crippen LogP contribution in [0.25, 0.3) is 0 Å². The summed E-state index contributed by atoms with van der Waals surface area (Å²) in [5.41, 5.74) is 1.12. The number of carbonyl (C=O) groups is 1. The molecule has 0 radical (unpaired) electrons. The lowest BCUT2D eigenvalue weighted by Gasteiger charge is -2.24. The van der Waals surface area contributed by atoms with Gasteiger partial charge in [-0.05, 0) is 44.9 Å². The van der Waals surface area contributed by atoms with Crippen molar-refractivity contribution in [2.75, 3.05) is 13.1 Å². The highest BCUT2D eigenvalue weighted by atomic mass is 19.1. The summed E-state index contributed by atoms with van der Waals surface area (Å²) in [7, 11) is 0. The zero-order valence-electron chi connectivity index (χ0n) is 12.5. The van der Waals surface area contributed by atoms with Gasteiger partial charge in [0, 0.05) is 19.0 Å². The van der Waals surface area contributed by atoms with Gasteiger partial charge in [-0.3, -0.25) is 4.79 Å². The van der Waals surface area contributed by atoms with E-state index in [1.54, 1.807) is 13.0 Å². The van der Waals surface area contributed by atoms with Crippen LogP contribution >= 0.6 is 0 Å². The third-order valence-corrected chi connectivity index (χ3v) is 3.53. The molecule has 2 rings (SSSR count).